The molecule has 0 amide bonds. The van der Waals surface area contributed by atoms with Gasteiger partial charge in [-0.05, 0) is 49.2 Å². The van der Waals surface area contributed by atoms with Crippen molar-refractivity contribution in [2.75, 3.05) is 13.2 Å². The van der Waals surface area contributed by atoms with Crippen molar-refractivity contribution in [3.63, 3.8) is 0 Å². The Hall–Kier alpha value is -0.800. The zero-order chi connectivity index (χ0) is 13.0. The Balaban J connectivity index is 2.26. The Morgan fingerprint density at radius 2 is 2.28 bits per heavy atom. The van der Waals surface area contributed by atoms with Crippen molar-refractivity contribution in [2.45, 2.75) is 32.7 Å². The highest BCUT2D eigenvalue weighted by atomic mass is 79.9. The largest absolute Gasteiger partial charge is 0.496 e. The molecule has 0 aliphatic carbocycles. The SMILES string of the molecule is CCCNC(C1=CCCO1)c1ccc(Br)cc1C. The zero-order valence-electron chi connectivity index (χ0n) is 11.0. The summed E-state index contributed by atoms with van der Waals surface area (Å²) in [4.78, 5) is 0. The number of nitrogens with one attached hydrogen (secondary N) is 1. The molecule has 2 nitrogen and oxygen atoms in total. The Morgan fingerprint density at radius 3 is 2.89 bits per heavy atom. The molecule has 18 heavy (non-hydrogen) atoms. The summed E-state index contributed by atoms with van der Waals surface area (Å²) in [6, 6.07) is 6.62. The molecule has 1 N–H and O–H groups in total. The minimum Gasteiger partial charge on any atom is -0.496 e. The van der Waals surface area contributed by atoms with Crippen LogP contribution in [0.2, 0.25) is 0 Å². The second kappa shape index (κ2) is 6.39. The van der Waals surface area contributed by atoms with E-state index < -0.39 is 0 Å². The van der Waals surface area contributed by atoms with Crippen LogP contribution in [-0.4, -0.2) is 13.2 Å². The maximum absolute atomic E-state index is 5.74. The number of hydrogen-bond acceptors (Lipinski definition) is 2. The molecule has 1 aromatic rings. The van der Waals surface area contributed by atoms with E-state index in [1.807, 2.05) is 0 Å². The van der Waals surface area contributed by atoms with E-state index >= 15 is 0 Å². The van der Waals surface area contributed by atoms with Crippen LogP contribution >= 0.6 is 15.9 Å². The lowest BCUT2D eigenvalue weighted by atomic mass is 9.99. The van der Waals surface area contributed by atoms with Gasteiger partial charge >= 0.3 is 0 Å². The van der Waals surface area contributed by atoms with Crippen LogP contribution in [0.3, 0.4) is 0 Å². The molecule has 3 heteroatoms. The number of halogens is 1. The molecule has 0 saturated heterocycles. The molecule has 2 rings (SSSR count). The van der Waals surface area contributed by atoms with Crippen LogP contribution < -0.4 is 5.32 Å². The molecule has 0 fully saturated rings. The van der Waals surface area contributed by atoms with Gasteiger partial charge < -0.3 is 10.1 Å². The molecule has 1 atom stereocenters. The predicted molar refractivity (Wildman–Crippen MR) is 78.6 cm³/mol. The number of hydrogen-bond donors (Lipinski definition) is 1. The van der Waals surface area contributed by atoms with Gasteiger partial charge in [-0.15, -0.1) is 0 Å². The Bertz CT molecular complexity index is 442. The van der Waals surface area contributed by atoms with Gasteiger partial charge in [-0.3, -0.25) is 0 Å². The van der Waals surface area contributed by atoms with Crippen molar-refractivity contribution in [1.82, 2.24) is 5.32 Å². The molecular formula is C15H20BrNO. The normalized spacial score (nSPS) is 16.3. The molecule has 1 unspecified atom stereocenters. The molecule has 1 aliphatic rings. The van der Waals surface area contributed by atoms with E-state index in [1.54, 1.807) is 0 Å². The maximum atomic E-state index is 5.74. The lowest BCUT2D eigenvalue weighted by Crippen LogP contribution is -2.25. The fourth-order valence-electron chi connectivity index (χ4n) is 2.25. The van der Waals surface area contributed by atoms with E-state index in [0.29, 0.717) is 0 Å². The summed E-state index contributed by atoms with van der Waals surface area (Å²) in [6.45, 7) is 6.15. The lowest BCUT2D eigenvalue weighted by molar-refractivity contribution is 0.215. The second-order valence-corrected chi connectivity index (χ2v) is 5.55. The van der Waals surface area contributed by atoms with Crippen molar-refractivity contribution < 1.29 is 4.74 Å². The molecule has 98 valence electrons. The Morgan fingerprint density at radius 1 is 1.44 bits per heavy atom. The average Bonchev–Trinajstić information content (AvgIpc) is 2.85. The summed E-state index contributed by atoms with van der Waals surface area (Å²) in [5.41, 5.74) is 2.59. The average molecular weight is 310 g/mol. The van der Waals surface area contributed by atoms with Crippen LogP contribution in [0, 0.1) is 6.92 Å². The van der Waals surface area contributed by atoms with Crippen molar-refractivity contribution in [3.8, 4) is 0 Å². The first-order valence-corrected chi connectivity index (χ1v) is 7.34. The van der Waals surface area contributed by atoms with Crippen LogP contribution in [0.4, 0.5) is 0 Å². The molecular weight excluding hydrogens is 290 g/mol. The number of ether oxygens (including phenoxy) is 1. The van der Waals surface area contributed by atoms with Crippen molar-refractivity contribution in [2.24, 2.45) is 0 Å². The van der Waals surface area contributed by atoms with Crippen molar-refractivity contribution >= 4 is 15.9 Å². The Kier molecular flexibility index (Phi) is 4.84. The second-order valence-electron chi connectivity index (χ2n) is 4.63. The van der Waals surface area contributed by atoms with Gasteiger partial charge in [0.1, 0.15) is 5.76 Å². The van der Waals surface area contributed by atoms with Crippen molar-refractivity contribution in [1.29, 1.82) is 0 Å². The standard InChI is InChI=1S/C15H20BrNO/c1-3-8-17-15(14-5-4-9-18-14)13-7-6-12(16)10-11(13)2/h5-7,10,15,17H,3-4,8-9H2,1-2H3. The van der Waals surface area contributed by atoms with Gasteiger partial charge in [0.25, 0.3) is 0 Å². The fraction of sp³-hybridized carbons (Fsp3) is 0.467. The van der Waals surface area contributed by atoms with Crippen molar-refractivity contribution in [3.05, 3.63) is 45.6 Å². The smallest absolute Gasteiger partial charge is 0.114 e. The highest BCUT2D eigenvalue weighted by molar-refractivity contribution is 9.10. The van der Waals surface area contributed by atoms with Gasteiger partial charge in [-0.25, -0.2) is 0 Å². The highest BCUT2D eigenvalue weighted by Crippen LogP contribution is 2.30. The molecule has 1 aliphatic heterocycles. The van der Waals surface area contributed by atoms with E-state index in [4.69, 9.17) is 4.74 Å². The van der Waals surface area contributed by atoms with Gasteiger partial charge in [0, 0.05) is 10.9 Å². The third-order valence-corrected chi connectivity index (χ3v) is 3.65. The first-order valence-electron chi connectivity index (χ1n) is 6.54. The van der Waals surface area contributed by atoms with E-state index in [2.05, 4.69) is 59.4 Å². The molecule has 1 aromatic carbocycles. The maximum Gasteiger partial charge on any atom is 0.114 e. The first kappa shape index (κ1) is 13.6. The van der Waals surface area contributed by atoms with Crippen LogP contribution in [0.5, 0.6) is 0 Å². The van der Waals surface area contributed by atoms with Gasteiger partial charge in [-0.1, -0.05) is 28.9 Å². The summed E-state index contributed by atoms with van der Waals surface area (Å²) in [5, 5.41) is 3.58. The van der Waals surface area contributed by atoms with Gasteiger partial charge in [-0.2, -0.15) is 0 Å². The minimum absolute atomic E-state index is 0.195. The van der Waals surface area contributed by atoms with Crippen LogP contribution in [0.25, 0.3) is 0 Å². The fourth-order valence-corrected chi connectivity index (χ4v) is 2.73. The van der Waals surface area contributed by atoms with Crippen LogP contribution in [0.15, 0.2) is 34.5 Å². The lowest BCUT2D eigenvalue weighted by Gasteiger charge is -2.22. The predicted octanol–water partition coefficient (Wildman–Crippen LogP) is 4.10. The third kappa shape index (κ3) is 3.15. The summed E-state index contributed by atoms with van der Waals surface area (Å²) in [6.07, 6.45) is 4.35. The Labute approximate surface area is 118 Å². The molecule has 1 heterocycles. The monoisotopic (exact) mass is 309 g/mol. The summed E-state index contributed by atoms with van der Waals surface area (Å²) in [7, 11) is 0. The molecule has 0 spiro atoms. The van der Waals surface area contributed by atoms with Crippen LogP contribution in [-0.2, 0) is 4.74 Å². The molecule has 0 radical (unpaired) electrons. The topological polar surface area (TPSA) is 21.3 Å². The van der Waals surface area contributed by atoms with E-state index in [9.17, 15) is 0 Å². The summed E-state index contributed by atoms with van der Waals surface area (Å²) >= 11 is 3.52. The van der Waals surface area contributed by atoms with E-state index in [-0.39, 0.29) is 6.04 Å². The zero-order valence-corrected chi connectivity index (χ0v) is 12.6. The van der Waals surface area contributed by atoms with Gasteiger partial charge in [0.15, 0.2) is 0 Å². The minimum atomic E-state index is 0.195. The highest BCUT2D eigenvalue weighted by Gasteiger charge is 2.21. The number of aryl methyl sites for hydroxylation is 1. The summed E-state index contributed by atoms with van der Waals surface area (Å²) in [5.74, 6) is 1.08. The number of rotatable bonds is 5. The van der Waals surface area contributed by atoms with E-state index in [0.717, 1.165) is 36.2 Å². The molecule has 0 aromatic heterocycles. The van der Waals surface area contributed by atoms with Gasteiger partial charge in [0.05, 0.1) is 12.6 Å². The first-order chi connectivity index (χ1) is 8.72. The molecule has 0 saturated carbocycles. The van der Waals surface area contributed by atoms with E-state index in [1.165, 1.54) is 11.1 Å². The molecule has 0 bridgehead atoms. The third-order valence-electron chi connectivity index (χ3n) is 3.16. The van der Waals surface area contributed by atoms with Gasteiger partial charge in [0.2, 0.25) is 0 Å². The summed E-state index contributed by atoms with van der Waals surface area (Å²) < 4.78 is 6.86. The van der Waals surface area contributed by atoms with Crippen LogP contribution in [0.1, 0.15) is 36.9 Å². The quantitative estimate of drug-likeness (QED) is 0.884. The number of benzene rings is 1.